The van der Waals surface area contributed by atoms with E-state index in [1.807, 2.05) is 6.08 Å². The molecule has 0 aliphatic rings. The highest BCUT2D eigenvalue weighted by Crippen LogP contribution is 2.12. The fourth-order valence-corrected chi connectivity index (χ4v) is 2.93. The van der Waals surface area contributed by atoms with Gasteiger partial charge in [0.25, 0.3) is 0 Å². The lowest BCUT2D eigenvalue weighted by atomic mass is 10.0. The Labute approximate surface area is 158 Å². The van der Waals surface area contributed by atoms with Crippen LogP contribution in [0.25, 0.3) is 0 Å². The van der Waals surface area contributed by atoms with Crippen molar-refractivity contribution >= 4 is 10.4 Å². The number of aliphatic hydroxyl groups is 2. The molecule has 7 nitrogen and oxygen atoms in total. The van der Waals surface area contributed by atoms with Crippen molar-refractivity contribution in [2.45, 2.75) is 89.2 Å². The van der Waals surface area contributed by atoms with Gasteiger partial charge in [-0.1, -0.05) is 69.9 Å². The molecule has 0 radical (unpaired) electrons. The fourth-order valence-electron chi connectivity index (χ4n) is 2.61. The molecular weight excluding hydrogens is 358 g/mol. The molecule has 0 aromatic rings. The van der Waals surface area contributed by atoms with Crippen molar-refractivity contribution < 1.29 is 27.4 Å². The third-order valence-electron chi connectivity index (χ3n) is 4.23. The summed E-state index contributed by atoms with van der Waals surface area (Å²) in [5.74, 6) is 0. The Kier molecular flexibility index (Phi) is 16.3. The number of aliphatic hydroxyl groups excluding tert-OH is 2. The minimum atomic E-state index is -4.28. The van der Waals surface area contributed by atoms with E-state index in [4.69, 9.17) is 15.4 Å². The number of unbranched alkanes of at least 4 members (excludes halogenated alkanes) is 11. The average Bonchev–Trinajstić information content (AvgIpc) is 2.59. The van der Waals surface area contributed by atoms with Gasteiger partial charge in [-0.3, -0.25) is 4.55 Å². The Hall–Kier alpha value is -0.510. The summed E-state index contributed by atoms with van der Waals surface area (Å²) in [4.78, 5) is 0. The normalized spacial score (nSPS) is 14.8. The smallest absolute Gasteiger partial charge is 0.395 e. The highest BCUT2D eigenvalue weighted by molar-refractivity contribution is 7.80. The summed E-state index contributed by atoms with van der Waals surface area (Å²) in [5, 5.41) is 18.3. The van der Waals surface area contributed by atoms with E-state index in [1.165, 1.54) is 38.5 Å². The summed E-state index contributed by atoms with van der Waals surface area (Å²) in [6.45, 7) is -0.158. The lowest BCUT2D eigenvalue weighted by molar-refractivity contribution is 0.144. The molecule has 156 valence electrons. The van der Waals surface area contributed by atoms with E-state index in [0.717, 1.165) is 32.1 Å². The van der Waals surface area contributed by atoms with Crippen LogP contribution in [-0.2, 0) is 14.6 Å². The van der Waals surface area contributed by atoms with Crippen LogP contribution in [0.3, 0.4) is 0 Å². The minimum Gasteiger partial charge on any atom is -0.395 e. The van der Waals surface area contributed by atoms with E-state index < -0.39 is 22.5 Å². The molecule has 0 rings (SSSR count). The van der Waals surface area contributed by atoms with Crippen molar-refractivity contribution in [1.29, 1.82) is 0 Å². The van der Waals surface area contributed by atoms with E-state index in [2.05, 4.69) is 4.18 Å². The zero-order chi connectivity index (χ0) is 19.7. The summed E-state index contributed by atoms with van der Waals surface area (Å²) in [6.07, 6.45) is 15.9. The summed E-state index contributed by atoms with van der Waals surface area (Å²) < 4.78 is 33.3. The molecule has 0 bridgehead atoms. The van der Waals surface area contributed by atoms with Crippen LogP contribution in [0.2, 0.25) is 0 Å². The number of hydrogen-bond acceptors (Lipinski definition) is 6. The van der Waals surface area contributed by atoms with Crippen molar-refractivity contribution in [1.82, 2.24) is 0 Å². The predicted molar refractivity (Wildman–Crippen MR) is 103 cm³/mol. The molecule has 0 aliphatic carbocycles. The molecule has 0 aromatic heterocycles. The molecule has 0 saturated carbocycles. The van der Waals surface area contributed by atoms with Gasteiger partial charge in [0.05, 0.1) is 25.4 Å². The maximum Gasteiger partial charge on any atom is 0.397 e. The maximum absolute atomic E-state index is 10.3. The molecule has 0 fully saturated rings. The van der Waals surface area contributed by atoms with Gasteiger partial charge in [0.15, 0.2) is 0 Å². The first-order valence-electron chi connectivity index (χ1n) is 9.70. The Bertz CT molecular complexity index is 441. The second kappa shape index (κ2) is 16.6. The zero-order valence-corrected chi connectivity index (χ0v) is 16.6. The lowest BCUT2D eigenvalue weighted by Gasteiger charge is -2.11. The first kappa shape index (κ1) is 25.5. The van der Waals surface area contributed by atoms with Crippen LogP contribution >= 0.6 is 0 Å². The van der Waals surface area contributed by atoms with Crippen LogP contribution < -0.4 is 5.73 Å². The highest BCUT2D eigenvalue weighted by atomic mass is 32.3. The van der Waals surface area contributed by atoms with Crippen LogP contribution in [-0.4, -0.2) is 48.5 Å². The monoisotopic (exact) mass is 395 g/mol. The molecular formula is C18H37NO6S. The van der Waals surface area contributed by atoms with Gasteiger partial charge in [-0.2, -0.15) is 8.42 Å². The molecule has 2 atom stereocenters. The van der Waals surface area contributed by atoms with Gasteiger partial charge in [0.2, 0.25) is 0 Å². The van der Waals surface area contributed by atoms with E-state index in [0.29, 0.717) is 6.42 Å². The minimum absolute atomic E-state index is 0.0568. The van der Waals surface area contributed by atoms with Crippen molar-refractivity contribution in [2.24, 2.45) is 5.73 Å². The molecule has 5 N–H and O–H groups in total. The van der Waals surface area contributed by atoms with Crippen LogP contribution in [0.4, 0.5) is 0 Å². The molecule has 0 amide bonds. The summed E-state index contributed by atoms with van der Waals surface area (Å²) in [5.41, 5.74) is 5.50. The first-order valence-corrected chi connectivity index (χ1v) is 11.1. The van der Waals surface area contributed by atoms with Gasteiger partial charge in [-0.25, -0.2) is 4.18 Å². The molecule has 2 unspecified atom stereocenters. The number of nitrogens with two attached hydrogens (primary N) is 1. The Morgan fingerprint density at radius 2 is 1.35 bits per heavy atom. The first-order chi connectivity index (χ1) is 12.4. The van der Waals surface area contributed by atoms with Crippen LogP contribution in [0.15, 0.2) is 12.2 Å². The Morgan fingerprint density at radius 1 is 0.885 bits per heavy atom. The van der Waals surface area contributed by atoms with Crippen molar-refractivity contribution in [3.05, 3.63) is 12.2 Å². The largest absolute Gasteiger partial charge is 0.397 e. The second-order valence-electron chi connectivity index (χ2n) is 6.69. The summed E-state index contributed by atoms with van der Waals surface area (Å²) in [6, 6.07) is -0.601. The topological polar surface area (TPSA) is 130 Å². The predicted octanol–water partition coefficient (Wildman–Crippen LogP) is 2.72. The molecule has 26 heavy (non-hydrogen) atoms. The van der Waals surface area contributed by atoms with E-state index >= 15 is 0 Å². The Morgan fingerprint density at radius 3 is 1.81 bits per heavy atom. The standard InChI is InChI=1S/C18H37NO6S/c19-17(16-20)18(21)14-12-10-8-6-4-2-1-3-5-7-9-11-13-15-25-26(22,23)24/h12,14,17-18,20-21H,1-11,13,15-16,19H2,(H,22,23,24). The lowest BCUT2D eigenvalue weighted by Crippen LogP contribution is -2.36. The van der Waals surface area contributed by atoms with Gasteiger partial charge < -0.3 is 15.9 Å². The summed E-state index contributed by atoms with van der Waals surface area (Å²) >= 11 is 0. The van der Waals surface area contributed by atoms with Crippen molar-refractivity contribution in [3.8, 4) is 0 Å². The van der Waals surface area contributed by atoms with E-state index in [9.17, 15) is 13.5 Å². The van der Waals surface area contributed by atoms with Crippen molar-refractivity contribution in [2.75, 3.05) is 13.2 Å². The van der Waals surface area contributed by atoms with Crippen LogP contribution in [0.5, 0.6) is 0 Å². The van der Waals surface area contributed by atoms with Gasteiger partial charge >= 0.3 is 10.4 Å². The number of hydrogen-bond donors (Lipinski definition) is 4. The van der Waals surface area contributed by atoms with E-state index in [-0.39, 0.29) is 13.2 Å². The SMILES string of the molecule is NC(CO)C(O)C=CCCCCCCCCCCCCCOS(=O)(=O)O. The van der Waals surface area contributed by atoms with Crippen LogP contribution in [0, 0.1) is 0 Å². The molecule has 8 heteroatoms. The number of rotatable bonds is 18. The third kappa shape index (κ3) is 18.3. The molecule has 0 saturated heterocycles. The van der Waals surface area contributed by atoms with Crippen LogP contribution in [0.1, 0.15) is 77.0 Å². The zero-order valence-electron chi connectivity index (χ0n) is 15.8. The molecule has 0 aliphatic heterocycles. The van der Waals surface area contributed by atoms with Gasteiger partial charge in [-0.15, -0.1) is 0 Å². The third-order valence-corrected chi connectivity index (χ3v) is 4.69. The average molecular weight is 396 g/mol. The Balaban J connectivity index is 3.24. The maximum atomic E-state index is 10.3. The highest BCUT2D eigenvalue weighted by Gasteiger charge is 2.08. The molecule has 0 heterocycles. The fraction of sp³-hybridized carbons (Fsp3) is 0.889. The van der Waals surface area contributed by atoms with E-state index in [1.54, 1.807) is 6.08 Å². The second-order valence-corrected chi connectivity index (χ2v) is 7.78. The van der Waals surface area contributed by atoms with Crippen molar-refractivity contribution in [3.63, 3.8) is 0 Å². The van der Waals surface area contributed by atoms with Gasteiger partial charge in [-0.05, 0) is 19.3 Å². The quantitative estimate of drug-likeness (QED) is 0.159. The van der Waals surface area contributed by atoms with Gasteiger partial charge in [0, 0.05) is 0 Å². The summed E-state index contributed by atoms with van der Waals surface area (Å²) in [7, 11) is -4.28. The molecule has 0 spiro atoms. The van der Waals surface area contributed by atoms with Gasteiger partial charge in [0.1, 0.15) is 0 Å². The number of allylic oxidation sites excluding steroid dienone is 1. The molecule has 0 aromatic carbocycles.